The highest BCUT2D eigenvalue weighted by molar-refractivity contribution is 5.95. The lowest BCUT2D eigenvalue weighted by Crippen LogP contribution is -2.57. The number of amides is 1. The Morgan fingerprint density at radius 2 is 1.47 bits per heavy atom. The van der Waals surface area contributed by atoms with Crippen LogP contribution in [0, 0.1) is 19.8 Å². The van der Waals surface area contributed by atoms with E-state index in [1.807, 2.05) is 39.0 Å². The van der Waals surface area contributed by atoms with E-state index < -0.39 is 41.0 Å². The molecule has 0 unspecified atom stereocenters. The first kappa shape index (κ1) is 39.1. The highest BCUT2D eigenvalue weighted by atomic mass is 35.5. The van der Waals surface area contributed by atoms with E-state index in [-0.39, 0.29) is 37.4 Å². The molecule has 2 aromatic carbocycles. The van der Waals surface area contributed by atoms with Crippen LogP contribution in [0.15, 0.2) is 36.4 Å². The number of hydrogen-bond acceptors (Lipinski definition) is 4. The molecule has 0 aliphatic carbocycles. The second-order valence-corrected chi connectivity index (χ2v) is 11.8. The van der Waals surface area contributed by atoms with Crippen molar-refractivity contribution in [1.82, 2.24) is 14.7 Å². The number of carbonyl (C=O) groups is 1. The molecule has 13 heteroatoms. The Balaban J connectivity index is 0.00000353. The third kappa shape index (κ3) is 10.7. The molecule has 5 nitrogen and oxygen atoms in total. The minimum atomic E-state index is -5.02. The first-order valence-corrected chi connectivity index (χ1v) is 14.9. The number of halogens is 8. The van der Waals surface area contributed by atoms with E-state index in [4.69, 9.17) is 4.74 Å². The van der Waals surface area contributed by atoms with Crippen molar-refractivity contribution in [3.05, 3.63) is 69.8 Å². The fraction of sp³-hybridized carbons (Fsp3) is 0.594. The van der Waals surface area contributed by atoms with Gasteiger partial charge in [0, 0.05) is 57.5 Å². The topological polar surface area (TPSA) is 36.0 Å². The van der Waals surface area contributed by atoms with Crippen LogP contribution in [-0.4, -0.2) is 85.7 Å². The van der Waals surface area contributed by atoms with Crippen LogP contribution in [0.5, 0.6) is 0 Å². The predicted molar refractivity (Wildman–Crippen MR) is 167 cm³/mol. The summed E-state index contributed by atoms with van der Waals surface area (Å²) in [5.41, 5.74) is -0.437. The molecule has 2 aliphatic heterocycles. The van der Waals surface area contributed by atoms with Crippen molar-refractivity contribution in [3.8, 4) is 0 Å². The smallest absolute Gasteiger partial charge is 0.381 e. The normalized spacial score (nSPS) is 20.0. The van der Waals surface area contributed by atoms with Gasteiger partial charge in [0.05, 0.1) is 17.7 Å². The molecule has 2 aromatic rings. The molecule has 0 N–H and O–H groups in total. The largest absolute Gasteiger partial charge is 0.416 e. The number of benzene rings is 2. The van der Waals surface area contributed by atoms with Gasteiger partial charge in [-0.25, -0.2) is 0 Å². The molecular weight excluding hydrogens is 643 g/mol. The summed E-state index contributed by atoms with van der Waals surface area (Å²) in [6.45, 7) is 12.1. The van der Waals surface area contributed by atoms with E-state index in [0.717, 1.165) is 62.3 Å². The van der Waals surface area contributed by atoms with E-state index in [2.05, 4.69) is 9.80 Å². The molecule has 0 aromatic heterocycles. The third-order valence-electron chi connectivity index (χ3n) is 8.60. The monoisotopic (exact) mass is 685 g/mol. The molecular formula is C32H43Cl2F6N3O2. The summed E-state index contributed by atoms with van der Waals surface area (Å²) in [6, 6.07) is 6.67. The van der Waals surface area contributed by atoms with E-state index in [1.54, 1.807) is 0 Å². The Kier molecular flexibility index (Phi) is 14.5. The Morgan fingerprint density at radius 1 is 0.844 bits per heavy atom. The second kappa shape index (κ2) is 16.7. The minimum absolute atomic E-state index is 0. The van der Waals surface area contributed by atoms with Gasteiger partial charge in [-0.3, -0.25) is 9.69 Å². The number of aryl methyl sites for hydroxylation is 2. The quantitative estimate of drug-likeness (QED) is 0.260. The average molecular weight is 687 g/mol. The van der Waals surface area contributed by atoms with Crippen LogP contribution >= 0.6 is 24.8 Å². The van der Waals surface area contributed by atoms with Gasteiger partial charge >= 0.3 is 12.4 Å². The van der Waals surface area contributed by atoms with E-state index in [1.165, 1.54) is 4.90 Å². The van der Waals surface area contributed by atoms with Crippen molar-refractivity contribution in [2.45, 2.75) is 58.4 Å². The van der Waals surface area contributed by atoms with Gasteiger partial charge in [0.25, 0.3) is 5.91 Å². The molecule has 0 bridgehead atoms. The number of likely N-dealkylation sites (tertiary alicyclic amines) is 1. The van der Waals surface area contributed by atoms with Crippen molar-refractivity contribution in [1.29, 1.82) is 0 Å². The van der Waals surface area contributed by atoms with E-state index >= 15 is 0 Å². The summed E-state index contributed by atoms with van der Waals surface area (Å²) < 4.78 is 86.9. The van der Waals surface area contributed by atoms with Gasteiger partial charge in [0.15, 0.2) is 0 Å². The van der Waals surface area contributed by atoms with Crippen LogP contribution < -0.4 is 0 Å². The molecule has 45 heavy (non-hydrogen) atoms. The van der Waals surface area contributed by atoms with Crippen LogP contribution in [0.3, 0.4) is 0 Å². The highest BCUT2D eigenvalue weighted by Crippen LogP contribution is 2.37. The molecule has 254 valence electrons. The summed E-state index contributed by atoms with van der Waals surface area (Å²) in [5.74, 6) is -0.324. The van der Waals surface area contributed by atoms with Crippen LogP contribution in [-0.2, 0) is 23.5 Å². The second-order valence-electron chi connectivity index (χ2n) is 11.8. The first-order chi connectivity index (χ1) is 20.2. The van der Waals surface area contributed by atoms with E-state index in [9.17, 15) is 31.1 Å². The zero-order chi connectivity index (χ0) is 31.4. The molecule has 0 spiro atoms. The standard InChI is InChI=1S/C32H41F6N3O2.2ClH/c1-4-43-21-25-6-5-9-39(19-25)10-11-40-12-13-41(29(20-40)15-24-8-7-22(2)23(3)14-24)30(42)26-16-27(31(33,34)35)18-28(17-26)32(36,37)38;;/h7-8,14,16-18,25,29H,4-6,9-13,15,19-21H2,1-3H3;2*1H/t25-,29+;;/m0../s1. The molecule has 4 rings (SSSR count). The summed E-state index contributed by atoms with van der Waals surface area (Å²) in [7, 11) is 0. The molecule has 2 heterocycles. The van der Waals surface area contributed by atoms with Gasteiger partial charge < -0.3 is 14.5 Å². The zero-order valence-corrected chi connectivity index (χ0v) is 27.5. The average Bonchev–Trinajstić information content (AvgIpc) is 2.96. The first-order valence-electron chi connectivity index (χ1n) is 14.9. The van der Waals surface area contributed by atoms with Crippen LogP contribution in [0.4, 0.5) is 26.3 Å². The van der Waals surface area contributed by atoms with Crippen molar-refractivity contribution in [3.63, 3.8) is 0 Å². The van der Waals surface area contributed by atoms with Crippen molar-refractivity contribution in [2.24, 2.45) is 5.92 Å². The maximum atomic E-state index is 13.7. The Labute approximate surface area is 274 Å². The molecule has 1 amide bonds. The predicted octanol–water partition coefficient (Wildman–Crippen LogP) is 7.30. The van der Waals surface area contributed by atoms with Gasteiger partial charge in [-0.15, -0.1) is 24.8 Å². The zero-order valence-electron chi connectivity index (χ0n) is 25.8. The van der Waals surface area contributed by atoms with Gasteiger partial charge in [-0.2, -0.15) is 26.3 Å². The molecule has 0 saturated carbocycles. The number of nitrogens with zero attached hydrogens (tertiary/aromatic N) is 3. The SMILES string of the molecule is CCOC[C@H]1CCCN(CCN2CCN(C(=O)c3cc(C(F)(F)F)cc(C(F)(F)F)c3)[C@H](Cc3ccc(C)c(C)c3)C2)C1.Cl.Cl. The van der Waals surface area contributed by atoms with Gasteiger partial charge in [-0.05, 0) is 87.4 Å². The molecule has 2 atom stereocenters. The summed E-state index contributed by atoms with van der Waals surface area (Å²) in [4.78, 5) is 19.8. The maximum absolute atomic E-state index is 13.7. The number of ether oxygens (including phenoxy) is 1. The number of carbonyl (C=O) groups excluding carboxylic acids is 1. The maximum Gasteiger partial charge on any atom is 0.416 e. The lowest BCUT2D eigenvalue weighted by atomic mass is 9.97. The van der Waals surface area contributed by atoms with Crippen LogP contribution in [0.2, 0.25) is 0 Å². The Bertz CT molecular complexity index is 1230. The van der Waals surface area contributed by atoms with Crippen molar-refractivity contribution < 1.29 is 35.9 Å². The van der Waals surface area contributed by atoms with Gasteiger partial charge in [0.1, 0.15) is 0 Å². The van der Waals surface area contributed by atoms with E-state index in [0.29, 0.717) is 44.2 Å². The molecule has 2 aliphatic rings. The van der Waals surface area contributed by atoms with Gasteiger partial charge in [0.2, 0.25) is 0 Å². The number of hydrogen-bond donors (Lipinski definition) is 0. The fourth-order valence-corrected chi connectivity index (χ4v) is 6.07. The number of piperidine rings is 1. The number of alkyl halides is 6. The molecule has 2 fully saturated rings. The lowest BCUT2D eigenvalue weighted by Gasteiger charge is -2.43. The summed E-state index contributed by atoms with van der Waals surface area (Å²) >= 11 is 0. The van der Waals surface area contributed by atoms with Crippen LogP contribution in [0.1, 0.15) is 57.9 Å². The lowest BCUT2D eigenvalue weighted by molar-refractivity contribution is -0.143. The molecule has 0 radical (unpaired) electrons. The summed E-state index contributed by atoms with van der Waals surface area (Å²) in [5, 5.41) is 0. The van der Waals surface area contributed by atoms with Crippen LogP contribution in [0.25, 0.3) is 0 Å². The highest BCUT2D eigenvalue weighted by Gasteiger charge is 2.39. The molecule has 2 saturated heterocycles. The Morgan fingerprint density at radius 3 is 2.04 bits per heavy atom. The van der Waals surface area contributed by atoms with Crippen molar-refractivity contribution in [2.75, 3.05) is 59.0 Å². The third-order valence-corrected chi connectivity index (χ3v) is 8.60. The minimum Gasteiger partial charge on any atom is -0.381 e. The van der Waals surface area contributed by atoms with Crippen molar-refractivity contribution >= 4 is 30.7 Å². The van der Waals surface area contributed by atoms with Gasteiger partial charge in [-0.1, -0.05) is 18.2 Å². The Hall–Kier alpha value is -2.05. The summed E-state index contributed by atoms with van der Waals surface area (Å²) in [6.07, 6.45) is -7.37. The number of rotatable bonds is 9. The fourth-order valence-electron chi connectivity index (χ4n) is 6.07. The number of piperazine rings is 1.